The lowest BCUT2D eigenvalue weighted by molar-refractivity contribution is 0.102. The van der Waals surface area contributed by atoms with Crippen LogP contribution in [-0.2, 0) is 0 Å². The monoisotopic (exact) mass is 394 g/mol. The predicted molar refractivity (Wildman–Crippen MR) is 96.1 cm³/mol. The van der Waals surface area contributed by atoms with Gasteiger partial charge in [0.1, 0.15) is 17.3 Å². The summed E-state index contributed by atoms with van der Waals surface area (Å²) < 4.78 is 26.6. The van der Waals surface area contributed by atoms with E-state index in [0.717, 1.165) is 12.1 Å². The third-order valence-corrected chi connectivity index (χ3v) is 3.98. The number of carbonyl (C=O) groups is 1. The number of nitrogens with one attached hydrogen (secondary N) is 2. The Bertz CT molecular complexity index is 985. The summed E-state index contributed by atoms with van der Waals surface area (Å²) in [5.41, 5.74) is 0.404. The van der Waals surface area contributed by atoms with Gasteiger partial charge in [0.25, 0.3) is 5.91 Å². The topological polar surface area (TPSA) is 66.9 Å². The largest absolute Gasteiger partial charge is 0.324 e. The summed E-state index contributed by atoms with van der Waals surface area (Å²) in [5, 5.41) is 5.95. The lowest BCUT2D eigenvalue weighted by Crippen LogP contribution is -2.15. The molecule has 0 aliphatic rings. The molecule has 0 radical (unpaired) electrons. The van der Waals surface area contributed by atoms with Crippen LogP contribution in [0.4, 0.5) is 26.1 Å². The molecular formula is C17H10Cl2F2N4O. The van der Waals surface area contributed by atoms with Gasteiger partial charge in [0.2, 0.25) is 5.95 Å². The molecule has 9 heteroatoms. The first-order chi connectivity index (χ1) is 12.4. The van der Waals surface area contributed by atoms with Crippen LogP contribution in [-0.4, -0.2) is 15.9 Å². The number of carbonyl (C=O) groups excluding carboxylic acids is 1. The molecule has 0 saturated carbocycles. The number of amides is 1. The van der Waals surface area contributed by atoms with E-state index in [1.807, 2.05) is 0 Å². The first-order valence-electron chi connectivity index (χ1n) is 7.24. The van der Waals surface area contributed by atoms with E-state index in [0.29, 0.717) is 21.8 Å². The van der Waals surface area contributed by atoms with Gasteiger partial charge in [-0.15, -0.1) is 0 Å². The highest BCUT2D eigenvalue weighted by Gasteiger charge is 2.12. The van der Waals surface area contributed by atoms with Crippen molar-refractivity contribution in [2.45, 2.75) is 0 Å². The average molecular weight is 395 g/mol. The molecule has 0 aliphatic carbocycles. The van der Waals surface area contributed by atoms with Gasteiger partial charge in [-0.1, -0.05) is 23.2 Å². The quantitative estimate of drug-likeness (QED) is 0.648. The molecule has 0 spiro atoms. The van der Waals surface area contributed by atoms with E-state index in [4.69, 9.17) is 23.2 Å². The molecule has 26 heavy (non-hydrogen) atoms. The number of aromatic nitrogens is 2. The number of rotatable bonds is 4. The van der Waals surface area contributed by atoms with Crippen LogP contribution in [0.25, 0.3) is 0 Å². The van der Waals surface area contributed by atoms with E-state index in [-0.39, 0.29) is 17.3 Å². The Kier molecular flexibility index (Phi) is 5.29. The number of hydrogen-bond acceptors (Lipinski definition) is 4. The number of benzene rings is 2. The molecule has 5 nitrogen and oxygen atoms in total. The highest BCUT2D eigenvalue weighted by Crippen LogP contribution is 2.26. The number of anilines is 3. The molecule has 1 aromatic heterocycles. The maximum atomic E-state index is 13.6. The van der Waals surface area contributed by atoms with Gasteiger partial charge >= 0.3 is 0 Å². The van der Waals surface area contributed by atoms with Crippen molar-refractivity contribution in [3.63, 3.8) is 0 Å². The van der Waals surface area contributed by atoms with Crippen LogP contribution in [0, 0.1) is 11.6 Å². The first-order valence-corrected chi connectivity index (χ1v) is 7.99. The molecule has 0 unspecified atom stereocenters. The fourth-order valence-corrected chi connectivity index (χ4v) is 2.32. The molecule has 0 atom stereocenters. The summed E-state index contributed by atoms with van der Waals surface area (Å²) in [6.45, 7) is 0. The standard InChI is InChI=1S/C17H10Cl2F2N4O/c18-11-3-2-10(8-12(11)19)23-17-22-6-5-15(25-17)16(26)24-14-4-1-9(20)7-13(14)21/h1-8H,(H,24,26)(H,22,23,25). The normalized spacial score (nSPS) is 10.5. The molecular weight excluding hydrogens is 385 g/mol. The van der Waals surface area contributed by atoms with Crippen molar-refractivity contribution in [3.05, 3.63) is 76.0 Å². The zero-order chi connectivity index (χ0) is 18.7. The van der Waals surface area contributed by atoms with Crippen LogP contribution >= 0.6 is 23.2 Å². The lowest BCUT2D eigenvalue weighted by Gasteiger charge is -2.08. The maximum absolute atomic E-state index is 13.6. The smallest absolute Gasteiger partial charge is 0.274 e. The molecule has 0 saturated heterocycles. The van der Waals surface area contributed by atoms with Crippen molar-refractivity contribution in [2.75, 3.05) is 10.6 Å². The predicted octanol–water partition coefficient (Wildman–Crippen LogP) is 5.06. The summed E-state index contributed by atoms with van der Waals surface area (Å²) >= 11 is 11.8. The van der Waals surface area contributed by atoms with Crippen molar-refractivity contribution >= 4 is 46.4 Å². The van der Waals surface area contributed by atoms with Gasteiger partial charge in [-0.25, -0.2) is 18.7 Å². The second-order valence-corrected chi connectivity index (χ2v) is 5.91. The van der Waals surface area contributed by atoms with E-state index in [1.54, 1.807) is 18.2 Å². The van der Waals surface area contributed by atoms with E-state index in [9.17, 15) is 13.6 Å². The van der Waals surface area contributed by atoms with Crippen molar-refractivity contribution < 1.29 is 13.6 Å². The SMILES string of the molecule is O=C(Nc1ccc(F)cc1F)c1ccnc(Nc2ccc(Cl)c(Cl)c2)n1. The summed E-state index contributed by atoms with van der Waals surface area (Å²) in [7, 11) is 0. The van der Waals surface area contributed by atoms with Crippen LogP contribution in [0.5, 0.6) is 0 Å². The molecule has 0 fully saturated rings. The maximum Gasteiger partial charge on any atom is 0.274 e. The van der Waals surface area contributed by atoms with Gasteiger partial charge in [0.05, 0.1) is 15.7 Å². The van der Waals surface area contributed by atoms with Gasteiger partial charge in [0.15, 0.2) is 0 Å². The van der Waals surface area contributed by atoms with Crippen molar-refractivity contribution in [1.82, 2.24) is 9.97 Å². The summed E-state index contributed by atoms with van der Waals surface area (Å²) in [4.78, 5) is 20.3. The van der Waals surface area contributed by atoms with Crippen LogP contribution in [0.15, 0.2) is 48.7 Å². The van der Waals surface area contributed by atoms with Crippen molar-refractivity contribution in [2.24, 2.45) is 0 Å². The Morgan fingerprint density at radius 3 is 2.54 bits per heavy atom. The highest BCUT2D eigenvalue weighted by molar-refractivity contribution is 6.42. The Balaban J connectivity index is 1.77. The van der Waals surface area contributed by atoms with Crippen molar-refractivity contribution in [3.8, 4) is 0 Å². The highest BCUT2D eigenvalue weighted by atomic mass is 35.5. The second-order valence-electron chi connectivity index (χ2n) is 5.10. The van der Waals surface area contributed by atoms with Gasteiger partial charge in [-0.2, -0.15) is 0 Å². The third kappa shape index (κ3) is 4.25. The van der Waals surface area contributed by atoms with Crippen LogP contribution < -0.4 is 10.6 Å². The van der Waals surface area contributed by atoms with Crippen LogP contribution in [0.3, 0.4) is 0 Å². The molecule has 3 aromatic rings. The zero-order valence-corrected chi connectivity index (χ0v) is 14.4. The minimum atomic E-state index is -0.887. The summed E-state index contributed by atoms with van der Waals surface area (Å²) in [6.07, 6.45) is 1.36. The number of halogens is 4. The molecule has 1 heterocycles. The van der Waals surface area contributed by atoms with E-state index < -0.39 is 17.5 Å². The molecule has 1 amide bonds. The van der Waals surface area contributed by atoms with E-state index in [1.165, 1.54) is 12.3 Å². The minimum absolute atomic E-state index is 0.00807. The average Bonchev–Trinajstić information content (AvgIpc) is 2.61. The van der Waals surface area contributed by atoms with Crippen LogP contribution in [0.2, 0.25) is 10.0 Å². The molecule has 2 aromatic carbocycles. The van der Waals surface area contributed by atoms with E-state index in [2.05, 4.69) is 20.6 Å². The molecule has 0 aliphatic heterocycles. The second kappa shape index (κ2) is 7.63. The van der Waals surface area contributed by atoms with Gasteiger partial charge in [-0.3, -0.25) is 4.79 Å². The molecule has 3 rings (SSSR count). The zero-order valence-electron chi connectivity index (χ0n) is 12.9. The Morgan fingerprint density at radius 1 is 1.00 bits per heavy atom. The minimum Gasteiger partial charge on any atom is -0.324 e. The fraction of sp³-hybridized carbons (Fsp3) is 0. The Morgan fingerprint density at radius 2 is 1.81 bits per heavy atom. The summed E-state index contributed by atoms with van der Waals surface area (Å²) in [5.74, 6) is -2.16. The van der Waals surface area contributed by atoms with Gasteiger partial charge in [-0.05, 0) is 36.4 Å². The number of hydrogen-bond donors (Lipinski definition) is 2. The van der Waals surface area contributed by atoms with Crippen molar-refractivity contribution in [1.29, 1.82) is 0 Å². The Hall–Kier alpha value is -2.77. The first kappa shape index (κ1) is 18.0. The van der Waals surface area contributed by atoms with Gasteiger partial charge < -0.3 is 10.6 Å². The van der Waals surface area contributed by atoms with Crippen LogP contribution in [0.1, 0.15) is 10.5 Å². The molecule has 2 N–H and O–H groups in total. The molecule has 132 valence electrons. The molecule has 0 bridgehead atoms. The summed E-state index contributed by atoms with van der Waals surface area (Å²) in [6, 6.07) is 9.03. The lowest BCUT2D eigenvalue weighted by atomic mass is 10.3. The fourth-order valence-electron chi connectivity index (χ4n) is 2.03. The number of nitrogens with zero attached hydrogens (tertiary/aromatic N) is 2. The van der Waals surface area contributed by atoms with Gasteiger partial charge in [0, 0.05) is 18.0 Å². The third-order valence-electron chi connectivity index (χ3n) is 3.24. The van der Waals surface area contributed by atoms with E-state index >= 15 is 0 Å². The Labute approximate surface area is 157 Å².